The number of halogens is 1. The second-order valence-electron chi connectivity index (χ2n) is 8.34. The van der Waals surface area contributed by atoms with E-state index < -0.39 is 0 Å². The summed E-state index contributed by atoms with van der Waals surface area (Å²) in [5.74, 6) is -0.161. The van der Waals surface area contributed by atoms with Crippen LogP contribution in [0.25, 0.3) is 5.70 Å². The van der Waals surface area contributed by atoms with Crippen LogP contribution in [0.5, 0.6) is 0 Å². The van der Waals surface area contributed by atoms with Gasteiger partial charge in [-0.25, -0.2) is 4.39 Å². The third kappa shape index (κ3) is 4.30. The third-order valence-electron chi connectivity index (χ3n) is 5.78. The number of nitrogens with one attached hydrogen (secondary N) is 1. The van der Waals surface area contributed by atoms with E-state index in [0.717, 1.165) is 22.4 Å². The summed E-state index contributed by atoms with van der Waals surface area (Å²) in [5.41, 5.74) is 5.65. The monoisotopic (exact) mass is 454 g/mol. The van der Waals surface area contributed by atoms with E-state index in [1.807, 2.05) is 38.1 Å². The second-order valence-corrected chi connectivity index (χ2v) is 8.34. The van der Waals surface area contributed by atoms with Crippen LogP contribution >= 0.6 is 0 Å². The van der Waals surface area contributed by atoms with Crippen LogP contribution in [0.15, 0.2) is 78.9 Å². The maximum atomic E-state index is 13.2. The first-order chi connectivity index (χ1) is 16.5. The summed E-state index contributed by atoms with van der Waals surface area (Å²) in [6.07, 6.45) is 2.07. The van der Waals surface area contributed by atoms with Gasteiger partial charge in [-0.3, -0.25) is 9.69 Å². The zero-order chi connectivity index (χ0) is 23.7. The van der Waals surface area contributed by atoms with Crippen LogP contribution in [0.1, 0.15) is 28.3 Å². The number of anilines is 2. The van der Waals surface area contributed by atoms with Gasteiger partial charge >= 0.3 is 0 Å². The zero-order valence-corrected chi connectivity index (χ0v) is 18.8. The SMILES string of the molecule is Cc1ccc(C2=C[C@H](c3ccc(C)cc3)n3nnnc3N2CC(=O)Nc2ccc(F)cc2)cc1. The number of amides is 1. The molecule has 0 saturated heterocycles. The minimum absolute atomic E-state index is 0.0158. The Hall–Kier alpha value is -4.33. The number of hydrogen-bond acceptors (Lipinski definition) is 5. The maximum Gasteiger partial charge on any atom is 0.251 e. The highest BCUT2D eigenvalue weighted by Gasteiger charge is 2.32. The van der Waals surface area contributed by atoms with E-state index in [1.54, 1.807) is 9.58 Å². The Morgan fingerprint density at radius 2 is 1.59 bits per heavy atom. The Morgan fingerprint density at radius 3 is 2.26 bits per heavy atom. The van der Waals surface area contributed by atoms with E-state index in [1.165, 1.54) is 29.8 Å². The van der Waals surface area contributed by atoms with Crippen molar-refractivity contribution >= 4 is 23.2 Å². The molecule has 0 aliphatic carbocycles. The predicted octanol–water partition coefficient (Wildman–Crippen LogP) is 4.52. The van der Waals surface area contributed by atoms with Crippen molar-refractivity contribution in [3.63, 3.8) is 0 Å². The Balaban J connectivity index is 1.53. The van der Waals surface area contributed by atoms with Gasteiger partial charge in [0.2, 0.25) is 5.91 Å². The standard InChI is InChI=1S/C26H23FN6O/c1-17-3-7-19(8-4-17)23-15-24(20-9-5-18(2)6-10-20)33-26(29-30-31-33)32(23)16-25(34)28-22-13-11-21(27)12-14-22/h3-15,24H,16H2,1-2H3,(H,28,34)/t24-/m1/s1. The van der Waals surface area contributed by atoms with Crippen molar-refractivity contribution in [3.8, 4) is 0 Å². The topological polar surface area (TPSA) is 75.9 Å². The average molecular weight is 455 g/mol. The van der Waals surface area contributed by atoms with E-state index in [0.29, 0.717) is 11.6 Å². The van der Waals surface area contributed by atoms with Gasteiger partial charge in [0.25, 0.3) is 5.95 Å². The van der Waals surface area contributed by atoms with Crippen LogP contribution in [0.2, 0.25) is 0 Å². The predicted molar refractivity (Wildman–Crippen MR) is 129 cm³/mol. The number of rotatable bonds is 5. The van der Waals surface area contributed by atoms with Crippen molar-refractivity contribution in [2.75, 3.05) is 16.8 Å². The first-order valence-corrected chi connectivity index (χ1v) is 10.9. The van der Waals surface area contributed by atoms with E-state index >= 15 is 0 Å². The summed E-state index contributed by atoms with van der Waals surface area (Å²) in [6, 6.07) is 21.8. The van der Waals surface area contributed by atoms with Crippen molar-refractivity contribution in [2.45, 2.75) is 19.9 Å². The molecule has 170 valence electrons. The van der Waals surface area contributed by atoms with E-state index in [9.17, 15) is 9.18 Å². The molecule has 3 aromatic carbocycles. The molecule has 2 heterocycles. The van der Waals surface area contributed by atoms with Gasteiger partial charge in [0, 0.05) is 5.69 Å². The van der Waals surface area contributed by atoms with Crippen molar-refractivity contribution < 1.29 is 9.18 Å². The molecule has 5 rings (SSSR count). The summed E-state index contributed by atoms with van der Waals surface area (Å²) in [7, 11) is 0. The summed E-state index contributed by atoms with van der Waals surface area (Å²) in [6.45, 7) is 4.06. The van der Waals surface area contributed by atoms with Crippen molar-refractivity contribution in [1.82, 2.24) is 20.2 Å². The summed E-state index contributed by atoms with van der Waals surface area (Å²) in [5, 5.41) is 15.2. The largest absolute Gasteiger partial charge is 0.325 e. The van der Waals surface area contributed by atoms with Crippen LogP contribution in [0.3, 0.4) is 0 Å². The molecular weight excluding hydrogens is 431 g/mol. The zero-order valence-electron chi connectivity index (χ0n) is 18.8. The fraction of sp³-hybridized carbons (Fsp3) is 0.154. The van der Waals surface area contributed by atoms with Gasteiger partial charge in [0.05, 0.1) is 5.70 Å². The fourth-order valence-electron chi connectivity index (χ4n) is 3.98. The molecule has 34 heavy (non-hydrogen) atoms. The molecule has 0 unspecified atom stereocenters. The third-order valence-corrected chi connectivity index (χ3v) is 5.78. The second kappa shape index (κ2) is 8.90. The molecule has 0 fully saturated rings. The molecule has 1 aromatic heterocycles. The lowest BCUT2D eigenvalue weighted by Gasteiger charge is -2.32. The molecule has 0 spiro atoms. The quantitative estimate of drug-likeness (QED) is 0.480. The number of hydrogen-bond donors (Lipinski definition) is 1. The van der Waals surface area contributed by atoms with Crippen LogP contribution in [0.4, 0.5) is 16.0 Å². The number of aromatic nitrogens is 4. The van der Waals surface area contributed by atoms with Crippen molar-refractivity contribution in [3.05, 3.63) is 107 Å². The minimum atomic E-state index is -0.361. The molecule has 0 saturated carbocycles. The molecule has 1 atom stereocenters. The molecule has 1 aliphatic heterocycles. The first-order valence-electron chi connectivity index (χ1n) is 10.9. The Bertz CT molecular complexity index is 1340. The smallest absolute Gasteiger partial charge is 0.251 e. The Labute approximate surface area is 196 Å². The Morgan fingerprint density at radius 1 is 0.941 bits per heavy atom. The van der Waals surface area contributed by atoms with E-state index in [-0.39, 0.29) is 24.3 Å². The molecule has 1 N–H and O–H groups in total. The van der Waals surface area contributed by atoms with Crippen LogP contribution in [-0.2, 0) is 4.79 Å². The summed E-state index contributed by atoms with van der Waals surface area (Å²) in [4.78, 5) is 14.8. The highest BCUT2D eigenvalue weighted by molar-refractivity contribution is 5.97. The number of fused-ring (bicyclic) bond motifs is 1. The number of allylic oxidation sites excluding steroid dienone is 1. The lowest BCUT2D eigenvalue weighted by Crippen LogP contribution is -2.37. The van der Waals surface area contributed by atoms with Gasteiger partial charge < -0.3 is 5.32 Å². The molecule has 1 amide bonds. The molecule has 8 heteroatoms. The molecular formula is C26H23FN6O. The number of nitrogens with zero attached hydrogens (tertiary/aromatic N) is 5. The lowest BCUT2D eigenvalue weighted by atomic mass is 9.99. The fourth-order valence-corrected chi connectivity index (χ4v) is 3.98. The van der Waals surface area contributed by atoms with Crippen LogP contribution < -0.4 is 10.2 Å². The normalized spacial score (nSPS) is 15.0. The highest BCUT2D eigenvalue weighted by Crippen LogP contribution is 2.36. The number of carbonyl (C=O) groups excluding carboxylic acids is 1. The molecule has 1 aliphatic rings. The number of benzene rings is 3. The van der Waals surface area contributed by atoms with Crippen molar-refractivity contribution in [1.29, 1.82) is 0 Å². The summed E-state index contributed by atoms with van der Waals surface area (Å²) < 4.78 is 15.0. The van der Waals surface area contributed by atoms with Crippen LogP contribution in [0, 0.1) is 19.7 Å². The van der Waals surface area contributed by atoms with Crippen LogP contribution in [-0.4, -0.2) is 32.7 Å². The van der Waals surface area contributed by atoms with E-state index in [4.69, 9.17) is 0 Å². The Kier molecular flexibility index (Phi) is 5.63. The lowest BCUT2D eigenvalue weighted by molar-refractivity contribution is -0.114. The molecule has 7 nitrogen and oxygen atoms in total. The van der Waals surface area contributed by atoms with Gasteiger partial charge in [0.1, 0.15) is 18.4 Å². The highest BCUT2D eigenvalue weighted by atomic mass is 19.1. The number of tetrazole rings is 1. The molecule has 0 radical (unpaired) electrons. The van der Waals surface area contributed by atoms with Gasteiger partial charge in [0.15, 0.2) is 0 Å². The summed E-state index contributed by atoms with van der Waals surface area (Å²) >= 11 is 0. The van der Waals surface area contributed by atoms with Gasteiger partial charge in [-0.05, 0) is 65.7 Å². The molecule has 0 bridgehead atoms. The number of carbonyl (C=O) groups is 1. The average Bonchev–Trinajstić information content (AvgIpc) is 3.32. The van der Waals surface area contributed by atoms with Gasteiger partial charge in [-0.15, -0.1) is 0 Å². The number of aryl methyl sites for hydroxylation is 2. The first kappa shape index (κ1) is 21.5. The molecule has 4 aromatic rings. The van der Waals surface area contributed by atoms with E-state index in [2.05, 4.69) is 51.2 Å². The maximum absolute atomic E-state index is 13.2. The van der Waals surface area contributed by atoms with Gasteiger partial charge in [-0.2, -0.15) is 4.68 Å². The van der Waals surface area contributed by atoms with Gasteiger partial charge in [-0.1, -0.05) is 64.8 Å². The minimum Gasteiger partial charge on any atom is -0.325 e. The van der Waals surface area contributed by atoms with Crippen molar-refractivity contribution in [2.24, 2.45) is 0 Å².